The highest BCUT2D eigenvalue weighted by molar-refractivity contribution is 7.17. The Morgan fingerprint density at radius 2 is 2.11 bits per heavy atom. The first kappa shape index (κ1) is 19.5. The molecule has 0 aliphatic carbocycles. The molecular formula is C20H24N2O4S. The number of benzene rings is 1. The number of rotatable bonds is 7. The topological polar surface area (TPSA) is 77.5 Å². The van der Waals surface area contributed by atoms with E-state index in [1.165, 1.54) is 16.9 Å². The molecule has 2 aromatic rings. The maximum absolute atomic E-state index is 12.3. The molecule has 1 amide bonds. The van der Waals surface area contributed by atoms with Crippen molar-refractivity contribution in [2.45, 2.75) is 39.2 Å². The standard InChI is InChI=1S/C20H24N2O4S/c1-3-14-6-8-15(9-7-14)19-22-13(2)18(27-19)20(24)26-12-17(23)21-11-16-5-4-10-25-16/h6-9,16H,3-5,10-12H2,1-2H3,(H,21,23)/t16-/m0/s1. The number of amides is 1. The van der Waals surface area contributed by atoms with Crippen molar-refractivity contribution < 1.29 is 19.1 Å². The fourth-order valence-corrected chi connectivity index (χ4v) is 3.84. The van der Waals surface area contributed by atoms with Gasteiger partial charge in [0.25, 0.3) is 5.91 Å². The van der Waals surface area contributed by atoms with Gasteiger partial charge in [-0.1, -0.05) is 31.2 Å². The molecule has 7 heteroatoms. The summed E-state index contributed by atoms with van der Waals surface area (Å²) in [5.74, 6) is -0.843. The third kappa shape index (κ3) is 5.14. The maximum Gasteiger partial charge on any atom is 0.350 e. The second-order valence-electron chi connectivity index (χ2n) is 6.50. The molecule has 1 aromatic carbocycles. The number of aryl methyl sites for hydroxylation is 2. The van der Waals surface area contributed by atoms with E-state index in [-0.39, 0.29) is 18.6 Å². The zero-order valence-electron chi connectivity index (χ0n) is 15.6. The van der Waals surface area contributed by atoms with Crippen molar-refractivity contribution in [3.8, 4) is 10.6 Å². The van der Waals surface area contributed by atoms with E-state index in [0.29, 0.717) is 17.1 Å². The Labute approximate surface area is 162 Å². The smallest absolute Gasteiger partial charge is 0.350 e. The summed E-state index contributed by atoms with van der Waals surface area (Å²) in [5, 5.41) is 3.50. The van der Waals surface area contributed by atoms with Gasteiger partial charge in [-0.05, 0) is 31.7 Å². The van der Waals surface area contributed by atoms with Crippen LogP contribution in [-0.4, -0.2) is 42.7 Å². The average Bonchev–Trinajstić information content (AvgIpc) is 3.34. The highest BCUT2D eigenvalue weighted by Gasteiger charge is 2.20. The van der Waals surface area contributed by atoms with Crippen LogP contribution in [0.1, 0.15) is 40.7 Å². The summed E-state index contributed by atoms with van der Waals surface area (Å²) in [6, 6.07) is 8.13. The first-order chi connectivity index (χ1) is 13.1. The molecule has 3 rings (SSSR count). The Morgan fingerprint density at radius 3 is 2.78 bits per heavy atom. The van der Waals surface area contributed by atoms with Crippen molar-refractivity contribution in [1.82, 2.24) is 10.3 Å². The number of thiazole rings is 1. The molecule has 1 aromatic heterocycles. The molecule has 1 fully saturated rings. The van der Waals surface area contributed by atoms with E-state index in [1.807, 2.05) is 12.1 Å². The lowest BCUT2D eigenvalue weighted by atomic mass is 10.1. The van der Waals surface area contributed by atoms with Crippen LogP contribution in [0.3, 0.4) is 0 Å². The number of ether oxygens (including phenoxy) is 2. The molecule has 1 aliphatic rings. The second-order valence-corrected chi connectivity index (χ2v) is 7.50. The number of aromatic nitrogens is 1. The van der Waals surface area contributed by atoms with Crippen LogP contribution in [0.15, 0.2) is 24.3 Å². The van der Waals surface area contributed by atoms with Crippen LogP contribution in [0.25, 0.3) is 10.6 Å². The quantitative estimate of drug-likeness (QED) is 0.738. The minimum Gasteiger partial charge on any atom is -0.451 e. The Balaban J connectivity index is 1.54. The van der Waals surface area contributed by atoms with Crippen molar-refractivity contribution in [3.63, 3.8) is 0 Å². The lowest BCUT2D eigenvalue weighted by Gasteiger charge is -2.10. The Bertz CT molecular complexity index is 795. The lowest BCUT2D eigenvalue weighted by molar-refractivity contribution is -0.124. The Kier molecular flexibility index (Phi) is 6.58. The summed E-state index contributed by atoms with van der Waals surface area (Å²) in [6.45, 7) is 4.77. The molecule has 0 saturated carbocycles. The predicted octanol–water partition coefficient (Wildman–Crippen LogP) is 3.13. The van der Waals surface area contributed by atoms with E-state index in [0.717, 1.165) is 36.4 Å². The lowest BCUT2D eigenvalue weighted by Crippen LogP contribution is -2.34. The number of esters is 1. The van der Waals surface area contributed by atoms with Gasteiger partial charge in [0, 0.05) is 18.7 Å². The van der Waals surface area contributed by atoms with Crippen molar-refractivity contribution in [2.24, 2.45) is 0 Å². The maximum atomic E-state index is 12.3. The van der Waals surface area contributed by atoms with Crippen LogP contribution in [0, 0.1) is 6.92 Å². The van der Waals surface area contributed by atoms with Gasteiger partial charge in [-0.15, -0.1) is 11.3 Å². The summed E-state index contributed by atoms with van der Waals surface area (Å²) >= 11 is 1.28. The number of hydrogen-bond acceptors (Lipinski definition) is 6. The van der Waals surface area contributed by atoms with E-state index in [4.69, 9.17) is 9.47 Å². The van der Waals surface area contributed by atoms with Crippen molar-refractivity contribution >= 4 is 23.2 Å². The normalized spacial score (nSPS) is 16.3. The van der Waals surface area contributed by atoms with Crippen LogP contribution < -0.4 is 5.32 Å². The zero-order chi connectivity index (χ0) is 19.2. The summed E-state index contributed by atoms with van der Waals surface area (Å²) in [6.07, 6.45) is 3.00. The largest absolute Gasteiger partial charge is 0.451 e. The van der Waals surface area contributed by atoms with Gasteiger partial charge in [0.15, 0.2) is 6.61 Å². The molecule has 1 aliphatic heterocycles. The minimum absolute atomic E-state index is 0.0649. The van der Waals surface area contributed by atoms with Gasteiger partial charge in [-0.3, -0.25) is 4.79 Å². The Morgan fingerprint density at radius 1 is 1.33 bits per heavy atom. The molecule has 0 bridgehead atoms. The van der Waals surface area contributed by atoms with Crippen LogP contribution in [0.2, 0.25) is 0 Å². The highest BCUT2D eigenvalue weighted by atomic mass is 32.1. The van der Waals surface area contributed by atoms with E-state index in [9.17, 15) is 9.59 Å². The van der Waals surface area contributed by atoms with Gasteiger partial charge in [0.2, 0.25) is 0 Å². The van der Waals surface area contributed by atoms with Gasteiger partial charge in [-0.25, -0.2) is 9.78 Å². The molecule has 0 spiro atoms. The van der Waals surface area contributed by atoms with E-state index in [1.54, 1.807) is 6.92 Å². The molecule has 0 radical (unpaired) electrons. The summed E-state index contributed by atoms with van der Waals surface area (Å²) in [4.78, 5) is 29.1. The number of nitrogens with zero attached hydrogens (tertiary/aromatic N) is 1. The van der Waals surface area contributed by atoms with Crippen LogP contribution >= 0.6 is 11.3 Å². The number of nitrogens with one attached hydrogen (secondary N) is 1. The van der Waals surface area contributed by atoms with E-state index >= 15 is 0 Å². The minimum atomic E-state index is -0.520. The van der Waals surface area contributed by atoms with Crippen molar-refractivity contribution in [3.05, 3.63) is 40.4 Å². The van der Waals surface area contributed by atoms with Gasteiger partial charge in [-0.2, -0.15) is 0 Å². The van der Waals surface area contributed by atoms with Gasteiger partial charge < -0.3 is 14.8 Å². The van der Waals surface area contributed by atoms with Crippen LogP contribution in [0.4, 0.5) is 0 Å². The predicted molar refractivity (Wildman–Crippen MR) is 104 cm³/mol. The molecule has 0 unspecified atom stereocenters. The Hall–Kier alpha value is -2.25. The molecule has 1 atom stereocenters. The van der Waals surface area contributed by atoms with Crippen LogP contribution in [-0.2, 0) is 20.7 Å². The molecular weight excluding hydrogens is 364 g/mol. The second kappa shape index (κ2) is 9.10. The summed E-state index contributed by atoms with van der Waals surface area (Å²) in [7, 11) is 0. The van der Waals surface area contributed by atoms with Crippen molar-refractivity contribution in [2.75, 3.05) is 19.8 Å². The SMILES string of the molecule is CCc1ccc(-c2nc(C)c(C(=O)OCC(=O)NC[C@@H]3CCCO3)s2)cc1. The molecule has 2 heterocycles. The summed E-state index contributed by atoms with van der Waals surface area (Å²) in [5.41, 5.74) is 2.83. The molecule has 6 nitrogen and oxygen atoms in total. The van der Waals surface area contributed by atoms with Gasteiger partial charge in [0.1, 0.15) is 9.88 Å². The molecule has 1 N–H and O–H groups in total. The third-order valence-corrected chi connectivity index (χ3v) is 5.66. The van der Waals surface area contributed by atoms with Crippen molar-refractivity contribution in [1.29, 1.82) is 0 Å². The first-order valence-electron chi connectivity index (χ1n) is 9.19. The molecule has 144 valence electrons. The third-order valence-electron chi connectivity index (χ3n) is 4.48. The van der Waals surface area contributed by atoms with E-state index in [2.05, 4.69) is 29.4 Å². The monoisotopic (exact) mass is 388 g/mol. The zero-order valence-corrected chi connectivity index (χ0v) is 16.4. The number of carbonyl (C=O) groups excluding carboxylic acids is 2. The molecule has 27 heavy (non-hydrogen) atoms. The molecule has 1 saturated heterocycles. The first-order valence-corrected chi connectivity index (χ1v) is 10.0. The van der Waals surface area contributed by atoms with Crippen LogP contribution in [0.5, 0.6) is 0 Å². The average molecular weight is 388 g/mol. The van der Waals surface area contributed by atoms with E-state index < -0.39 is 5.97 Å². The summed E-state index contributed by atoms with van der Waals surface area (Å²) < 4.78 is 10.6. The van der Waals surface area contributed by atoms with Gasteiger partial charge in [0.05, 0.1) is 11.8 Å². The number of hydrogen-bond donors (Lipinski definition) is 1. The number of carbonyl (C=O) groups is 2. The fourth-order valence-electron chi connectivity index (χ4n) is 2.87. The highest BCUT2D eigenvalue weighted by Crippen LogP contribution is 2.28. The fraction of sp³-hybridized carbons (Fsp3) is 0.450. The van der Waals surface area contributed by atoms with Gasteiger partial charge >= 0.3 is 5.97 Å².